The summed E-state index contributed by atoms with van der Waals surface area (Å²) in [5.41, 5.74) is -0.624. The SMILES string of the molecule is O=C1C(Cl)=C(N2CCCCCC2)C(=O)N1c1ccc(C(F)(F)F)cc1. The van der Waals surface area contributed by atoms with Gasteiger partial charge in [0.1, 0.15) is 10.7 Å². The van der Waals surface area contributed by atoms with E-state index in [1.165, 1.54) is 0 Å². The van der Waals surface area contributed by atoms with Crippen molar-refractivity contribution >= 4 is 29.1 Å². The highest BCUT2D eigenvalue weighted by Gasteiger charge is 2.41. The summed E-state index contributed by atoms with van der Waals surface area (Å²) < 4.78 is 38.0. The van der Waals surface area contributed by atoms with E-state index in [4.69, 9.17) is 11.6 Å². The summed E-state index contributed by atoms with van der Waals surface area (Å²) in [5.74, 6) is -1.29. The van der Waals surface area contributed by atoms with Crippen LogP contribution in [0, 0.1) is 0 Å². The van der Waals surface area contributed by atoms with E-state index in [1.54, 1.807) is 4.90 Å². The summed E-state index contributed by atoms with van der Waals surface area (Å²) in [6.07, 6.45) is -0.589. The molecule has 0 bridgehead atoms. The molecule has 0 radical (unpaired) electrons. The fourth-order valence-electron chi connectivity index (χ4n) is 3.09. The van der Waals surface area contributed by atoms with Gasteiger partial charge in [0.2, 0.25) is 0 Å². The van der Waals surface area contributed by atoms with Crippen LogP contribution in [0.3, 0.4) is 0 Å². The van der Waals surface area contributed by atoms with Crippen molar-refractivity contribution in [2.75, 3.05) is 18.0 Å². The molecular formula is C17H16ClF3N2O2. The Balaban J connectivity index is 1.87. The van der Waals surface area contributed by atoms with Gasteiger partial charge in [-0.2, -0.15) is 13.2 Å². The number of amides is 2. The summed E-state index contributed by atoms with van der Waals surface area (Å²) >= 11 is 6.10. The molecule has 2 aliphatic rings. The zero-order valence-electron chi connectivity index (χ0n) is 13.3. The van der Waals surface area contributed by atoms with Gasteiger partial charge in [0, 0.05) is 13.1 Å². The number of alkyl halides is 3. The Labute approximate surface area is 147 Å². The van der Waals surface area contributed by atoms with Crippen molar-refractivity contribution in [1.29, 1.82) is 0 Å². The van der Waals surface area contributed by atoms with E-state index < -0.39 is 23.6 Å². The Kier molecular flexibility index (Phi) is 4.77. The molecule has 1 saturated heterocycles. The Hall–Kier alpha value is -2.02. The van der Waals surface area contributed by atoms with E-state index in [0.29, 0.717) is 13.1 Å². The summed E-state index contributed by atoms with van der Waals surface area (Å²) in [7, 11) is 0. The zero-order chi connectivity index (χ0) is 18.2. The number of halogens is 4. The molecule has 1 aromatic carbocycles. The molecular weight excluding hydrogens is 357 g/mol. The van der Waals surface area contributed by atoms with Crippen LogP contribution in [-0.2, 0) is 15.8 Å². The molecule has 25 heavy (non-hydrogen) atoms. The third-order valence-corrected chi connectivity index (χ3v) is 4.72. The lowest BCUT2D eigenvalue weighted by atomic mass is 10.2. The summed E-state index contributed by atoms with van der Waals surface area (Å²) in [6.45, 7) is 1.26. The van der Waals surface area contributed by atoms with Gasteiger partial charge in [0.15, 0.2) is 0 Å². The number of nitrogens with zero attached hydrogens (tertiary/aromatic N) is 2. The van der Waals surface area contributed by atoms with Gasteiger partial charge in [-0.25, -0.2) is 4.90 Å². The first kappa shape index (κ1) is 17.8. The van der Waals surface area contributed by atoms with Crippen LogP contribution in [-0.4, -0.2) is 29.8 Å². The molecule has 0 aromatic heterocycles. The first-order chi connectivity index (χ1) is 11.8. The monoisotopic (exact) mass is 372 g/mol. The lowest BCUT2D eigenvalue weighted by molar-refractivity contribution is -0.137. The zero-order valence-corrected chi connectivity index (χ0v) is 14.0. The van der Waals surface area contributed by atoms with Crippen molar-refractivity contribution in [2.45, 2.75) is 31.9 Å². The molecule has 134 valence electrons. The third-order valence-electron chi connectivity index (χ3n) is 4.38. The number of hydrogen-bond donors (Lipinski definition) is 0. The van der Waals surface area contributed by atoms with E-state index in [-0.39, 0.29) is 16.4 Å². The third kappa shape index (κ3) is 3.38. The largest absolute Gasteiger partial charge is 0.416 e. The fraction of sp³-hybridized carbons (Fsp3) is 0.412. The quantitative estimate of drug-likeness (QED) is 0.739. The van der Waals surface area contributed by atoms with E-state index >= 15 is 0 Å². The van der Waals surface area contributed by atoms with Crippen LogP contribution in [0.1, 0.15) is 31.2 Å². The molecule has 0 saturated carbocycles. The first-order valence-corrected chi connectivity index (χ1v) is 8.39. The van der Waals surface area contributed by atoms with Crippen LogP contribution >= 0.6 is 11.6 Å². The molecule has 2 heterocycles. The minimum Gasteiger partial charge on any atom is -0.366 e. The van der Waals surface area contributed by atoms with E-state index in [9.17, 15) is 22.8 Å². The number of hydrogen-bond acceptors (Lipinski definition) is 3. The number of rotatable bonds is 2. The molecule has 0 spiro atoms. The average Bonchev–Trinajstić information content (AvgIpc) is 2.76. The smallest absolute Gasteiger partial charge is 0.366 e. The molecule has 4 nitrogen and oxygen atoms in total. The molecule has 0 unspecified atom stereocenters. The topological polar surface area (TPSA) is 40.6 Å². The van der Waals surface area contributed by atoms with Gasteiger partial charge in [0.25, 0.3) is 11.8 Å². The molecule has 2 aliphatic heterocycles. The molecule has 0 N–H and O–H groups in total. The van der Waals surface area contributed by atoms with E-state index in [0.717, 1.165) is 54.8 Å². The average molecular weight is 373 g/mol. The molecule has 2 amide bonds. The lowest BCUT2D eigenvalue weighted by Crippen LogP contribution is -2.35. The van der Waals surface area contributed by atoms with Crippen LogP contribution in [0.25, 0.3) is 0 Å². The normalized spacial score (nSPS) is 19.7. The lowest BCUT2D eigenvalue weighted by Gasteiger charge is -2.23. The van der Waals surface area contributed by atoms with E-state index in [2.05, 4.69) is 0 Å². The first-order valence-electron chi connectivity index (χ1n) is 8.01. The molecule has 1 fully saturated rings. The van der Waals surface area contributed by atoms with Crippen molar-refractivity contribution in [3.8, 4) is 0 Å². The predicted molar refractivity (Wildman–Crippen MR) is 86.9 cm³/mol. The van der Waals surface area contributed by atoms with Crippen LogP contribution in [0.2, 0.25) is 0 Å². The number of likely N-dealkylation sites (tertiary alicyclic amines) is 1. The van der Waals surface area contributed by atoms with Crippen LogP contribution in [0.5, 0.6) is 0 Å². The van der Waals surface area contributed by atoms with Gasteiger partial charge in [-0.15, -0.1) is 0 Å². The highest BCUT2D eigenvalue weighted by Crippen LogP contribution is 2.34. The van der Waals surface area contributed by atoms with Gasteiger partial charge in [0.05, 0.1) is 11.3 Å². The van der Waals surface area contributed by atoms with Crippen LogP contribution in [0.4, 0.5) is 18.9 Å². The molecule has 3 rings (SSSR count). The van der Waals surface area contributed by atoms with Crippen LogP contribution in [0.15, 0.2) is 35.0 Å². The summed E-state index contributed by atoms with van der Waals surface area (Å²) in [5, 5.41) is -0.174. The number of imide groups is 1. The van der Waals surface area contributed by atoms with Crippen molar-refractivity contribution in [1.82, 2.24) is 4.90 Å². The fourth-order valence-corrected chi connectivity index (χ4v) is 3.38. The highest BCUT2D eigenvalue weighted by molar-refractivity contribution is 6.52. The number of anilines is 1. The van der Waals surface area contributed by atoms with Crippen molar-refractivity contribution < 1.29 is 22.8 Å². The maximum atomic E-state index is 12.7. The molecule has 8 heteroatoms. The standard InChI is InChI=1S/C17H16ClF3N2O2/c18-13-14(22-9-3-1-2-4-10-22)16(25)23(15(13)24)12-7-5-11(6-8-12)17(19,20)21/h5-8H,1-4,9-10H2. The molecule has 0 atom stereocenters. The number of benzene rings is 1. The number of carbonyl (C=O) groups is 2. The Bertz CT molecular complexity index is 720. The van der Waals surface area contributed by atoms with Crippen molar-refractivity contribution in [3.05, 3.63) is 40.6 Å². The highest BCUT2D eigenvalue weighted by atomic mass is 35.5. The second-order valence-electron chi connectivity index (χ2n) is 6.05. The summed E-state index contributed by atoms with van der Waals surface area (Å²) in [4.78, 5) is 27.8. The second-order valence-corrected chi connectivity index (χ2v) is 6.43. The van der Waals surface area contributed by atoms with Gasteiger partial charge >= 0.3 is 6.18 Å². The van der Waals surface area contributed by atoms with Gasteiger partial charge in [-0.05, 0) is 37.1 Å². The second kappa shape index (κ2) is 6.71. The van der Waals surface area contributed by atoms with Crippen molar-refractivity contribution in [3.63, 3.8) is 0 Å². The van der Waals surface area contributed by atoms with Crippen molar-refractivity contribution in [2.24, 2.45) is 0 Å². The minimum atomic E-state index is -4.48. The van der Waals surface area contributed by atoms with Crippen LogP contribution < -0.4 is 4.90 Å². The van der Waals surface area contributed by atoms with Gasteiger partial charge < -0.3 is 4.90 Å². The predicted octanol–water partition coefficient (Wildman–Crippen LogP) is 3.91. The Morgan fingerprint density at radius 1 is 0.880 bits per heavy atom. The Morgan fingerprint density at radius 3 is 1.96 bits per heavy atom. The molecule has 1 aromatic rings. The van der Waals surface area contributed by atoms with E-state index in [1.807, 2.05) is 0 Å². The summed E-state index contributed by atoms with van der Waals surface area (Å²) in [6, 6.07) is 3.89. The maximum Gasteiger partial charge on any atom is 0.416 e. The molecule has 0 aliphatic carbocycles. The number of carbonyl (C=O) groups excluding carboxylic acids is 2. The maximum absolute atomic E-state index is 12.7. The Morgan fingerprint density at radius 2 is 1.44 bits per heavy atom. The van der Waals surface area contributed by atoms with Gasteiger partial charge in [-0.3, -0.25) is 9.59 Å². The van der Waals surface area contributed by atoms with Gasteiger partial charge in [-0.1, -0.05) is 24.4 Å². The minimum absolute atomic E-state index is 0.0750.